The van der Waals surface area contributed by atoms with E-state index in [1.165, 1.54) is 0 Å². The number of Topliss-reactive ketones (excluding diaryl/α,β-unsaturated/α-hetero) is 1. The monoisotopic (exact) mass is 174 g/mol. The van der Waals surface area contributed by atoms with Gasteiger partial charge in [0.25, 0.3) is 0 Å². The van der Waals surface area contributed by atoms with Gasteiger partial charge in [-0.2, -0.15) is 0 Å². The van der Waals surface area contributed by atoms with E-state index in [9.17, 15) is 4.79 Å². The molecule has 0 atom stereocenters. The van der Waals surface area contributed by atoms with E-state index in [0.29, 0.717) is 18.8 Å². The van der Waals surface area contributed by atoms with Crippen molar-refractivity contribution in [2.24, 2.45) is 0 Å². The number of carbonyl (C=O) groups excluding carboxylic acids is 1. The summed E-state index contributed by atoms with van der Waals surface area (Å²) in [5.74, 6) is 0.864. The third-order valence-electron chi connectivity index (χ3n) is 2.10. The number of hydrogen-bond donors (Lipinski definition) is 0. The average Bonchev–Trinajstić information content (AvgIpc) is 2.12. The minimum atomic E-state index is 0.176. The van der Waals surface area contributed by atoms with Gasteiger partial charge in [-0.1, -0.05) is 24.8 Å². The van der Waals surface area contributed by atoms with Crippen LogP contribution >= 0.6 is 0 Å². The van der Waals surface area contributed by atoms with Gasteiger partial charge in [-0.15, -0.1) is 0 Å². The summed E-state index contributed by atoms with van der Waals surface area (Å²) in [4.78, 5) is 11.2. The SMILES string of the molecule is C=CCOc1cccc2c1C(=O)C2. The van der Waals surface area contributed by atoms with Gasteiger partial charge in [0.1, 0.15) is 12.4 Å². The molecule has 0 saturated heterocycles. The molecule has 0 heterocycles. The van der Waals surface area contributed by atoms with Crippen LogP contribution in [0.25, 0.3) is 0 Å². The highest BCUT2D eigenvalue weighted by Gasteiger charge is 2.26. The first-order valence-electron chi connectivity index (χ1n) is 4.21. The van der Waals surface area contributed by atoms with E-state index in [0.717, 1.165) is 11.1 Å². The Morgan fingerprint density at radius 2 is 2.38 bits per heavy atom. The molecule has 0 amide bonds. The Labute approximate surface area is 76.8 Å². The molecular weight excluding hydrogens is 164 g/mol. The van der Waals surface area contributed by atoms with Gasteiger partial charge < -0.3 is 4.74 Å². The number of fused-ring (bicyclic) bond motifs is 1. The molecule has 1 aliphatic carbocycles. The number of carbonyl (C=O) groups is 1. The lowest BCUT2D eigenvalue weighted by molar-refractivity contribution is 0.0963. The summed E-state index contributed by atoms with van der Waals surface area (Å²) in [7, 11) is 0. The van der Waals surface area contributed by atoms with E-state index >= 15 is 0 Å². The molecule has 1 aromatic carbocycles. The zero-order chi connectivity index (χ0) is 9.26. The summed E-state index contributed by atoms with van der Waals surface area (Å²) in [6, 6.07) is 5.68. The summed E-state index contributed by atoms with van der Waals surface area (Å²) >= 11 is 0. The maximum atomic E-state index is 11.2. The van der Waals surface area contributed by atoms with E-state index in [2.05, 4.69) is 6.58 Å². The maximum Gasteiger partial charge on any atom is 0.171 e. The molecular formula is C11H10O2. The van der Waals surface area contributed by atoms with Gasteiger partial charge in [-0.25, -0.2) is 0 Å². The van der Waals surface area contributed by atoms with E-state index < -0.39 is 0 Å². The maximum absolute atomic E-state index is 11.2. The van der Waals surface area contributed by atoms with Crippen molar-refractivity contribution in [1.82, 2.24) is 0 Å². The lowest BCUT2D eigenvalue weighted by Crippen LogP contribution is -2.20. The highest BCUT2D eigenvalue weighted by molar-refractivity contribution is 6.08. The number of ketones is 1. The van der Waals surface area contributed by atoms with Crippen molar-refractivity contribution in [3.63, 3.8) is 0 Å². The van der Waals surface area contributed by atoms with Crippen molar-refractivity contribution >= 4 is 5.78 Å². The first kappa shape index (κ1) is 8.05. The molecule has 0 saturated carbocycles. The number of rotatable bonds is 3. The second kappa shape index (κ2) is 3.05. The molecule has 13 heavy (non-hydrogen) atoms. The van der Waals surface area contributed by atoms with E-state index in [1.807, 2.05) is 18.2 Å². The largest absolute Gasteiger partial charge is 0.489 e. The Bertz CT molecular complexity index is 366. The Morgan fingerprint density at radius 3 is 3.08 bits per heavy atom. The third-order valence-corrected chi connectivity index (χ3v) is 2.10. The first-order valence-corrected chi connectivity index (χ1v) is 4.21. The molecule has 1 aliphatic rings. The Kier molecular flexibility index (Phi) is 1.89. The molecule has 2 heteroatoms. The van der Waals surface area contributed by atoms with Crippen LogP contribution in [0.5, 0.6) is 5.75 Å². The average molecular weight is 174 g/mol. The molecule has 1 aromatic rings. The molecule has 0 unspecified atom stereocenters. The van der Waals surface area contributed by atoms with E-state index in [-0.39, 0.29) is 5.78 Å². The Balaban J connectivity index is 2.30. The van der Waals surface area contributed by atoms with Crippen LogP contribution in [0.15, 0.2) is 30.9 Å². The van der Waals surface area contributed by atoms with Crippen LogP contribution in [-0.2, 0) is 6.42 Å². The summed E-state index contributed by atoms with van der Waals surface area (Å²) in [6.45, 7) is 4.00. The minimum absolute atomic E-state index is 0.176. The topological polar surface area (TPSA) is 26.3 Å². The molecule has 0 aliphatic heterocycles. The first-order chi connectivity index (χ1) is 6.33. The van der Waals surface area contributed by atoms with Crippen LogP contribution in [-0.4, -0.2) is 12.4 Å². The predicted molar refractivity (Wildman–Crippen MR) is 50.2 cm³/mol. The summed E-state index contributed by atoms with van der Waals surface area (Å²) < 4.78 is 5.35. The minimum Gasteiger partial charge on any atom is -0.489 e. The molecule has 66 valence electrons. The fraction of sp³-hybridized carbons (Fsp3) is 0.182. The quantitative estimate of drug-likeness (QED) is 0.655. The molecule has 0 radical (unpaired) electrons. The number of ether oxygens (including phenoxy) is 1. The van der Waals surface area contributed by atoms with Gasteiger partial charge in [0.15, 0.2) is 5.78 Å². The van der Waals surface area contributed by atoms with Gasteiger partial charge >= 0.3 is 0 Å². The van der Waals surface area contributed by atoms with E-state index in [1.54, 1.807) is 6.08 Å². The highest BCUT2D eigenvalue weighted by Crippen LogP contribution is 2.31. The molecule has 2 nitrogen and oxygen atoms in total. The van der Waals surface area contributed by atoms with Crippen LogP contribution in [0.2, 0.25) is 0 Å². The summed E-state index contributed by atoms with van der Waals surface area (Å²) in [6.07, 6.45) is 2.23. The third kappa shape index (κ3) is 1.24. The smallest absolute Gasteiger partial charge is 0.171 e. The van der Waals surface area contributed by atoms with Crippen LogP contribution < -0.4 is 4.74 Å². The standard InChI is InChI=1S/C11H10O2/c1-2-6-13-10-5-3-4-8-7-9(12)11(8)10/h2-5H,1,6-7H2. The van der Waals surface area contributed by atoms with Crippen LogP contribution in [0, 0.1) is 0 Å². The predicted octanol–water partition coefficient (Wildman–Crippen LogP) is 1.99. The van der Waals surface area contributed by atoms with Crippen LogP contribution in [0.1, 0.15) is 15.9 Å². The summed E-state index contributed by atoms with van der Waals surface area (Å²) in [5.41, 5.74) is 1.84. The molecule has 0 aromatic heterocycles. The number of benzene rings is 1. The van der Waals surface area contributed by atoms with Crippen molar-refractivity contribution in [2.75, 3.05) is 6.61 Å². The molecule has 0 bridgehead atoms. The fourth-order valence-corrected chi connectivity index (χ4v) is 1.46. The molecule has 0 N–H and O–H groups in total. The second-order valence-electron chi connectivity index (χ2n) is 2.99. The number of hydrogen-bond acceptors (Lipinski definition) is 2. The van der Waals surface area contributed by atoms with Crippen molar-refractivity contribution in [3.8, 4) is 5.75 Å². The fourth-order valence-electron chi connectivity index (χ4n) is 1.46. The molecule has 0 spiro atoms. The Hall–Kier alpha value is -1.57. The normalized spacial score (nSPS) is 13.1. The van der Waals surface area contributed by atoms with Crippen molar-refractivity contribution < 1.29 is 9.53 Å². The van der Waals surface area contributed by atoms with E-state index in [4.69, 9.17) is 4.74 Å². The van der Waals surface area contributed by atoms with Crippen LogP contribution in [0.3, 0.4) is 0 Å². The van der Waals surface area contributed by atoms with Gasteiger partial charge in [0, 0.05) is 6.42 Å². The lowest BCUT2D eigenvalue weighted by Gasteiger charge is -2.20. The zero-order valence-electron chi connectivity index (χ0n) is 7.25. The van der Waals surface area contributed by atoms with Crippen molar-refractivity contribution in [1.29, 1.82) is 0 Å². The van der Waals surface area contributed by atoms with Gasteiger partial charge in [0.2, 0.25) is 0 Å². The second-order valence-corrected chi connectivity index (χ2v) is 2.99. The van der Waals surface area contributed by atoms with Gasteiger partial charge in [-0.05, 0) is 11.6 Å². The summed E-state index contributed by atoms with van der Waals surface area (Å²) in [5, 5.41) is 0. The van der Waals surface area contributed by atoms with Crippen molar-refractivity contribution in [2.45, 2.75) is 6.42 Å². The van der Waals surface area contributed by atoms with Crippen molar-refractivity contribution in [3.05, 3.63) is 42.0 Å². The van der Waals surface area contributed by atoms with Gasteiger partial charge in [-0.3, -0.25) is 4.79 Å². The Morgan fingerprint density at radius 1 is 1.54 bits per heavy atom. The molecule has 2 rings (SSSR count). The lowest BCUT2D eigenvalue weighted by atomic mass is 9.86. The van der Waals surface area contributed by atoms with Gasteiger partial charge in [0.05, 0.1) is 5.56 Å². The highest BCUT2D eigenvalue weighted by atomic mass is 16.5. The van der Waals surface area contributed by atoms with Crippen LogP contribution in [0.4, 0.5) is 0 Å². The molecule has 0 fully saturated rings. The zero-order valence-corrected chi connectivity index (χ0v) is 7.25.